The average molecular weight is 367 g/mol. The molecule has 0 saturated carbocycles. The van der Waals surface area contributed by atoms with Crippen LogP contribution in [0.5, 0.6) is 0 Å². The van der Waals surface area contributed by atoms with Gasteiger partial charge in [0.25, 0.3) is 5.56 Å². The van der Waals surface area contributed by atoms with Crippen LogP contribution in [0.15, 0.2) is 35.3 Å². The fourth-order valence-electron chi connectivity index (χ4n) is 3.22. The zero-order valence-corrected chi connectivity index (χ0v) is 17.0. The molecule has 0 amide bonds. The van der Waals surface area contributed by atoms with Crippen molar-refractivity contribution in [2.75, 3.05) is 5.32 Å². The van der Waals surface area contributed by atoms with E-state index in [1.54, 1.807) is 10.9 Å². The maximum Gasteiger partial charge on any atom is 0.263 e. The third kappa shape index (κ3) is 3.89. The summed E-state index contributed by atoms with van der Waals surface area (Å²) >= 11 is 0. The highest BCUT2D eigenvalue weighted by atomic mass is 16.1. The molecule has 1 unspecified atom stereocenters. The molecule has 6 heteroatoms. The molecular weight excluding hydrogens is 338 g/mol. The summed E-state index contributed by atoms with van der Waals surface area (Å²) in [5, 5.41) is 8.30. The molecule has 0 radical (unpaired) electrons. The number of hydrogen-bond donors (Lipinski definition) is 2. The van der Waals surface area contributed by atoms with E-state index < -0.39 is 0 Å². The molecule has 1 atom stereocenters. The highest BCUT2D eigenvalue weighted by Gasteiger charge is 2.21. The van der Waals surface area contributed by atoms with Gasteiger partial charge in [-0.1, -0.05) is 45.0 Å². The van der Waals surface area contributed by atoms with E-state index in [0.717, 1.165) is 6.42 Å². The van der Waals surface area contributed by atoms with E-state index in [4.69, 9.17) is 0 Å². The van der Waals surface area contributed by atoms with Crippen LogP contribution >= 0.6 is 0 Å². The Kier molecular flexibility index (Phi) is 5.09. The predicted molar refractivity (Wildman–Crippen MR) is 110 cm³/mol. The smallest absolute Gasteiger partial charge is 0.263 e. The zero-order valence-electron chi connectivity index (χ0n) is 17.0. The van der Waals surface area contributed by atoms with Crippen LogP contribution in [0.25, 0.3) is 11.0 Å². The normalized spacial score (nSPS) is 13.3. The molecule has 3 aromatic rings. The molecule has 0 aliphatic heterocycles. The predicted octanol–water partition coefficient (Wildman–Crippen LogP) is 4.25. The van der Waals surface area contributed by atoms with E-state index >= 15 is 0 Å². The molecule has 2 aromatic heterocycles. The van der Waals surface area contributed by atoms with Crippen molar-refractivity contribution in [3.8, 4) is 0 Å². The molecule has 0 aliphatic carbocycles. The van der Waals surface area contributed by atoms with Crippen LogP contribution in [0.2, 0.25) is 0 Å². The van der Waals surface area contributed by atoms with Crippen molar-refractivity contribution < 1.29 is 0 Å². The number of benzene rings is 1. The molecular formula is C21H29N5O. The van der Waals surface area contributed by atoms with Crippen molar-refractivity contribution in [3.05, 3.63) is 51.9 Å². The number of rotatable bonds is 5. The summed E-state index contributed by atoms with van der Waals surface area (Å²) in [4.78, 5) is 20.1. The second-order valence-corrected chi connectivity index (χ2v) is 8.34. The third-order valence-corrected chi connectivity index (χ3v) is 4.78. The minimum atomic E-state index is -0.257. The van der Waals surface area contributed by atoms with Gasteiger partial charge in [-0.3, -0.25) is 9.78 Å². The van der Waals surface area contributed by atoms with Crippen LogP contribution in [0, 0.1) is 5.92 Å². The first kappa shape index (κ1) is 19.1. The summed E-state index contributed by atoms with van der Waals surface area (Å²) in [6, 6.07) is 8.64. The Hall–Kier alpha value is -2.63. The van der Waals surface area contributed by atoms with E-state index in [1.807, 2.05) is 20.8 Å². The first-order valence-corrected chi connectivity index (χ1v) is 9.54. The van der Waals surface area contributed by atoms with Crippen LogP contribution in [0.3, 0.4) is 0 Å². The number of aromatic nitrogens is 4. The molecule has 0 saturated heterocycles. The Morgan fingerprint density at radius 2 is 1.85 bits per heavy atom. The molecule has 6 nitrogen and oxygen atoms in total. The van der Waals surface area contributed by atoms with Crippen LogP contribution in [0.4, 0.5) is 5.95 Å². The van der Waals surface area contributed by atoms with Crippen molar-refractivity contribution in [2.45, 2.75) is 59.5 Å². The van der Waals surface area contributed by atoms with Gasteiger partial charge in [0.1, 0.15) is 5.39 Å². The Morgan fingerprint density at radius 3 is 2.41 bits per heavy atom. The van der Waals surface area contributed by atoms with Gasteiger partial charge >= 0.3 is 0 Å². The minimum Gasteiger partial charge on any atom is -0.349 e. The SMILES string of the molecule is CCc1ccc(C(Nc2nc3c(cnn3C(C)(C)C)c(=O)[nH]2)C(C)C)cc1. The summed E-state index contributed by atoms with van der Waals surface area (Å²) in [6.45, 7) is 12.6. The van der Waals surface area contributed by atoms with Gasteiger partial charge in [0.2, 0.25) is 5.95 Å². The first-order chi connectivity index (χ1) is 12.7. The van der Waals surface area contributed by atoms with E-state index in [0.29, 0.717) is 22.9 Å². The highest BCUT2D eigenvalue weighted by molar-refractivity contribution is 5.74. The first-order valence-electron chi connectivity index (χ1n) is 9.54. The van der Waals surface area contributed by atoms with Gasteiger partial charge in [0.05, 0.1) is 17.8 Å². The number of anilines is 1. The van der Waals surface area contributed by atoms with Crippen molar-refractivity contribution in [3.63, 3.8) is 0 Å². The van der Waals surface area contributed by atoms with Gasteiger partial charge in [0, 0.05) is 0 Å². The molecule has 2 N–H and O–H groups in total. The molecule has 27 heavy (non-hydrogen) atoms. The van der Waals surface area contributed by atoms with Gasteiger partial charge in [-0.25, -0.2) is 4.68 Å². The monoisotopic (exact) mass is 367 g/mol. The van der Waals surface area contributed by atoms with E-state index in [1.165, 1.54) is 11.1 Å². The summed E-state index contributed by atoms with van der Waals surface area (Å²) in [5.74, 6) is 0.794. The van der Waals surface area contributed by atoms with Crippen molar-refractivity contribution in [1.29, 1.82) is 0 Å². The van der Waals surface area contributed by atoms with Crippen LogP contribution in [-0.2, 0) is 12.0 Å². The Balaban J connectivity index is 2.01. The maximum absolute atomic E-state index is 12.5. The van der Waals surface area contributed by atoms with E-state index in [9.17, 15) is 4.79 Å². The van der Waals surface area contributed by atoms with Gasteiger partial charge in [-0.05, 0) is 44.2 Å². The lowest BCUT2D eigenvalue weighted by molar-refractivity contribution is 0.366. The van der Waals surface area contributed by atoms with Gasteiger partial charge < -0.3 is 5.32 Å². The summed E-state index contributed by atoms with van der Waals surface area (Å²) in [7, 11) is 0. The Morgan fingerprint density at radius 1 is 1.19 bits per heavy atom. The number of fused-ring (bicyclic) bond motifs is 1. The molecule has 2 heterocycles. The number of hydrogen-bond acceptors (Lipinski definition) is 4. The quantitative estimate of drug-likeness (QED) is 0.707. The number of aryl methyl sites for hydroxylation is 1. The lowest BCUT2D eigenvalue weighted by atomic mass is 9.95. The van der Waals surface area contributed by atoms with Gasteiger partial charge in [-0.2, -0.15) is 10.1 Å². The second-order valence-electron chi connectivity index (χ2n) is 8.34. The van der Waals surface area contributed by atoms with E-state index in [-0.39, 0.29) is 17.1 Å². The van der Waals surface area contributed by atoms with E-state index in [2.05, 4.69) is 65.4 Å². The Bertz CT molecular complexity index is 976. The van der Waals surface area contributed by atoms with Gasteiger partial charge in [-0.15, -0.1) is 0 Å². The number of nitrogens with one attached hydrogen (secondary N) is 2. The number of nitrogens with zero attached hydrogens (tertiary/aromatic N) is 3. The summed E-state index contributed by atoms with van der Waals surface area (Å²) in [6.07, 6.45) is 2.60. The summed E-state index contributed by atoms with van der Waals surface area (Å²) in [5.41, 5.74) is 2.64. The van der Waals surface area contributed by atoms with Crippen LogP contribution in [-0.4, -0.2) is 19.7 Å². The van der Waals surface area contributed by atoms with Crippen LogP contribution < -0.4 is 10.9 Å². The van der Waals surface area contributed by atoms with Crippen molar-refractivity contribution in [1.82, 2.24) is 19.7 Å². The highest BCUT2D eigenvalue weighted by Crippen LogP contribution is 2.26. The zero-order chi connectivity index (χ0) is 19.8. The topological polar surface area (TPSA) is 75.6 Å². The van der Waals surface area contributed by atoms with Crippen LogP contribution in [0.1, 0.15) is 58.7 Å². The average Bonchev–Trinajstić information content (AvgIpc) is 3.04. The molecule has 0 fully saturated rings. The summed E-state index contributed by atoms with van der Waals surface area (Å²) < 4.78 is 1.79. The molecule has 0 spiro atoms. The number of H-pyrrole nitrogens is 1. The third-order valence-electron chi connectivity index (χ3n) is 4.78. The largest absolute Gasteiger partial charge is 0.349 e. The van der Waals surface area contributed by atoms with Gasteiger partial charge in [0.15, 0.2) is 5.65 Å². The second kappa shape index (κ2) is 7.18. The molecule has 3 rings (SSSR count). The van der Waals surface area contributed by atoms with Crippen molar-refractivity contribution in [2.24, 2.45) is 5.92 Å². The van der Waals surface area contributed by atoms with Crippen molar-refractivity contribution >= 4 is 17.0 Å². The molecule has 0 aliphatic rings. The molecule has 1 aromatic carbocycles. The lowest BCUT2D eigenvalue weighted by Gasteiger charge is -2.24. The fraction of sp³-hybridized carbons (Fsp3) is 0.476. The molecule has 144 valence electrons. The fourth-order valence-corrected chi connectivity index (χ4v) is 3.22. The number of aromatic amines is 1. The maximum atomic E-state index is 12.5. The standard InChI is InChI=1S/C21H29N5O/c1-7-14-8-10-15(11-9-14)17(13(2)3)23-20-24-18-16(19(27)25-20)12-22-26(18)21(4,5)6/h8-13,17H,7H2,1-6H3,(H2,23,24,25,27). The minimum absolute atomic E-state index is 0.0440. The lowest BCUT2D eigenvalue weighted by Crippen LogP contribution is -2.25. The Labute approximate surface area is 160 Å². The molecule has 0 bridgehead atoms.